The van der Waals surface area contributed by atoms with Gasteiger partial charge in [0.05, 0.1) is 4.92 Å². The Labute approximate surface area is 156 Å². The minimum Gasteiger partial charge on any atom is -0.464 e. The number of carbonyl (C=O) groups is 2. The van der Waals surface area contributed by atoms with Crippen LogP contribution < -0.4 is 5.32 Å². The number of ketones is 1. The summed E-state index contributed by atoms with van der Waals surface area (Å²) in [6.07, 6.45) is 5.69. The van der Waals surface area contributed by atoms with Crippen LogP contribution in [0.25, 0.3) is 6.08 Å². The number of hydrogen-bond donors (Lipinski definition) is 1. The van der Waals surface area contributed by atoms with Crippen LogP contribution in [0.2, 0.25) is 0 Å². The highest BCUT2D eigenvalue weighted by Gasteiger charge is 2.08. The molecule has 0 radical (unpaired) electrons. The number of nitro benzene ring substituents is 1. The molecule has 8 heteroatoms. The van der Waals surface area contributed by atoms with Crippen molar-refractivity contribution < 1.29 is 19.2 Å². The van der Waals surface area contributed by atoms with Crippen molar-refractivity contribution in [1.29, 1.82) is 0 Å². The smallest absolute Gasteiger partial charge is 0.313 e. The lowest BCUT2D eigenvalue weighted by atomic mass is 10.1. The van der Waals surface area contributed by atoms with Crippen molar-refractivity contribution in [3.63, 3.8) is 0 Å². The number of hydrogen-bond acceptors (Lipinski definition) is 7. The van der Waals surface area contributed by atoms with Gasteiger partial charge in [-0.3, -0.25) is 24.7 Å². The molecular formula is C19H19N3O5. The monoisotopic (exact) mass is 369 g/mol. The number of nitrogens with one attached hydrogen (secondary N) is 1. The van der Waals surface area contributed by atoms with Crippen LogP contribution in [0.15, 0.2) is 54.9 Å². The van der Waals surface area contributed by atoms with E-state index in [1.807, 2.05) is 12.1 Å². The summed E-state index contributed by atoms with van der Waals surface area (Å²) in [6.45, 7) is 1.22. The zero-order chi connectivity index (χ0) is 19.5. The van der Waals surface area contributed by atoms with E-state index >= 15 is 0 Å². The third kappa shape index (κ3) is 7.57. The Morgan fingerprint density at radius 3 is 2.85 bits per heavy atom. The molecule has 0 bridgehead atoms. The third-order valence-electron chi connectivity index (χ3n) is 3.46. The number of allylic oxidation sites excluding steroid dienone is 1. The van der Waals surface area contributed by atoms with Gasteiger partial charge in [0.25, 0.3) is 5.69 Å². The number of nitrogens with zero attached hydrogens (tertiary/aromatic N) is 2. The van der Waals surface area contributed by atoms with Gasteiger partial charge < -0.3 is 10.1 Å². The number of benzene rings is 1. The van der Waals surface area contributed by atoms with Crippen molar-refractivity contribution in [2.45, 2.75) is 13.0 Å². The number of esters is 1. The van der Waals surface area contributed by atoms with E-state index in [0.717, 1.165) is 5.56 Å². The van der Waals surface area contributed by atoms with E-state index in [9.17, 15) is 19.7 Å². The van der Waals surface area contributed by atoms with Crippen LogP contribution in [0, 0.1) is 10.1 Å². The number of nitro groups is 1. The molecule has 2 aromatic rings. The Morgan fingerprint density at radius 2 is 2.11 bits per heavy atom. The first kappa shape index (κ1) is 19.9. The third-order valence-corrected chi connectivity index (χ3v) is 3.46. The van der Waals surface area contributed by atoms with Crippen molar-refractivity contribution >= 4 is 23.5 Å². The highest BCUT2D eigenvalue weighted by Crippen LogP contribution is 2.14. The molecule has 1 N–H and O–H groups in total. The number of pyridine rings is 1. The van der Waals surface area contributed by atoms with Gasteiger partial charge >= 0.3 is 5.97 Å². The molecule has 2 rings (SSSR count). The molecule has 1 aromatic carbocycles. The van der Waals surface area contributed by atoms with Crippen LogP contribution >= 0.6 is 0 Å². The predicted molar refractivity (Wildman–Crippen MR) is 98.7 cm³/mol. The Hall–Kier alpha value is -3.39. The molecule has 1 heterocycles. The van der Waals surface area contributed by atoms with E-state index in [2.05, 4.69) is 10.3 Å². The van der Waals surface area contributed by atoms with Gasteiger partial charge in [0.15, 0.2) is 5.78 Å². The topological polar surface area (TPSA) is 111 Å². The molecule has 0 unspecified atom stereocenters. The minimum absolute atomic E-state index is 0.0669. The van der Waals surface area contributed by atoms with Crippen LogP contribution in [0.4, 0.5) is 5.69 Å². The molecule has 0 aliphatic carbocycles. The molecular weight excluding hydrogens is 350 g/mol. The van der Waals surface area contributed by atoms with Crippen molar-refractivity contribution in [1.82, 2.24) is 10.3 Å². The first-order chi connectivity index (χ1) is 13.0. The largest absolute Gasteiger partial charge is 0.464 e. The Kier molecular flexibility index (Phi) is 7.80. The lowest BCUT2D eigenvalue weighted by molar-refractivity contribution is -0.384. The van der Waals surface area contributed by atoms with Crippen molar-refractivity contribution in [2.24, 2.45) is 0 Å². The molecule has 1 aromatic heterocycles. The van der Waals surface area contributed by atoms with Gasteiger partial charge in [-0.25, -0.2) is 0 Å². The summed E-state index contributed by atoms with van der Waals surface area (Å²) in [7, 11) is 0. The molecule has 27 heavy (non-hydrogen) atoms. The maximum absolute atomic E-state index is 11.8. The van der Waals surface area contributed by atoms with Gasteiger partial charge in [0, 0.05) is 37.6 Å². The summed E-state index contributed by atoms with van der Waals surface area (Å²) in [5, 5.41) is 13.8. The molecule has 0 spiro atoms. The average molecular weight is 369 g/mol. The SMILES string of the molecule is O=C(/C=C\c1cccc([N+](=O)[O-])c1)CC(=O)OCCNCc1cccnc1. The minimum atomic E-state index is -0.619. The molecule has 140 valence electrons. The maximum atomic E-state index is 11.8. The van der Waals surface area contributed by atoms with E-state index in [1.165, 1.54) is 30.4 Å². The summed E-state index contributed by atoms with van der Waals surface area (Å²) >= 11 is 0. The zero-order valence-electron chi connectivity index (χ0n) is 14.5. The first-order valence-electron chi connectivity index (χ1n) is 8.25. The summed E-state index contributed by atoms with van der Waals surface area (Å²) in [5.74, 6) is -1.05. The first-order valence-corrected chi connectivity index (χ1v) is 8.25. The van der Waals surface area contributed by atoms with E-state index in [-0.39, 0.29) is 18.7 Å². The zero-order valence-corrected chi connectivity index (χ0v) is 14.5. The van der Waals surface area contributed by atoms with Gasteiger partial charge in [-0.2, -0.15) is 0 Å². The van der Waals surface area contributed by atoms with Crippen LogP contribution in [0.3, 0.4) is 0 Å². The average Bonchev–Trinajstić information content (AvgIpc) is 2.67. The van der Waals surface area contributed by atoms with Crippen LogP contribution in [0.1, 0.15) is 17.5 Å². The second kappa shape index (κ2) is 10.6. The Morgan fingerprint density at radius 1 is 1.26 bits per heavy atom. The molecule has 0 aliphatic heterocycles. The number of non-ortho nitro benzene ring substituents is 1. The normalized spacial score (nSPS) is 10.7. The molecule has 0 aliphatic rings. The molecule has 0 saturated carbocycles. The lowest BCUT2D eigenvalue weighted by Crippen LogP contribution is -2.21. The van der Waals surface area contributed by atoms with Crippen molar-refractivity contribution in [2.75, 3.05) is 13.2 Å². The number of carbonyl (C=O) groups excluding carboxylic acids is 2. The quantitative estimate of drug-likeness (QED) is 0.171. The highest BCUT2D eigenvalue weighted by molar-refractivity contribution is 6.03. The standard InChI is InChI=1S/C19H19N3O5/c23-18(7-6-15-3-1-5-17(11-15)22(25)26)12-19(24)27-10-9-21-14-16-4-2-8-20-13-16/h1-8,11,13,21H,9-10,12,14H2/b7-6-. The maximum Gasteiger partial charge on any atom is 0.313 e. The van der Waals surface area contributed by atoms with Gasteiger partial charge in [-0.05, 0) is 23.3 Å². The fourth-order valence-corrected chi connectivity index (χ4v) is 2.16. The van der Waals surface area contributed by atoms with E-state index in [1.54, 1.807) is 18.5 Å². The highest BCUT2D eigenvalue weighted by atomic mass is 16.6. The molecule has 0 fully saturated rings. The van der Waals surface area contributed by atoms with E-state index < -0.39 is 16.7 Å². The lowest BCUT2D eigenvalue weighted by Gasteiger charge is -2.05. The Bertz CT molecular complexity index is 821. The fraction of sp³-hybridized carbons (Fsp3) is 0.211. The molecule has 0 amide bonds. The fourth-order valence-electron chi connectivity index (χ4n) is 2.16. The van der Waals surface area contributed by atoms with E-state index in [4.69, 9.17) is 4.74 Å². The van der Waals surface area contributed by atoms with Crippen LogP contribution in [-0.4, -0.2) is 34.8 Å². The van der Waals surface area contributed by atoms with E-state index in [0.29, 0.717) is 18.7 Å². The summed E-state index contributed by atoms with van der Waals surface area (Å²) in [5.41, 5.74) is 1.46. The van der Waals surface area contributed by atoms with Crippen LogP contribution in [0.5, 0.6) is 0 Å². The summed E-state index contributed by atoms with van der Waals surface area (Å²) < 4.78 is 4.99. The second-order valence-corrected chi connectivity index (χ2v) is 5.59. The van der Waals surface area contributed by atoms with Gasteiger partial charge in [-0.15, -0.1) is 0 Å². The summed E-state index contributed by atoms with van der Waals surface area (Å²) in [4.78, 5) is 37.6. The number of aromatic nitrogens is 1. The van der Waals surface area contributed by atoms with Gasteiger partial charge in [0.2, 0.25) is 0 Å². The molecule has 0 saturated heterocycles. The van der Waals surface area contributed by atoms with Crippen molar-refractivity contribution in [3.8, 4) is 0 Å². The molecule has 8 nitrogen and oxygen atoms in total. The second-order valence-electron chi connectivity index (χ2n) is 5.59. The predicted octanol–water partition coefficient (Wildman–Crippen LogP) is 2.30. The van der Waals surface area contributed by atoms with Gasteiger partial charge in [0.1, 0.15) is 13.0 Å². The summed E-state index contributed by atoms with van der Waals surface area (Å²) in [6, 6.07) is 9.62. The van der Waals surface area contributed by atoms with Crippen LogP contribution in [-0.2, 0) is 20.9 Å². The number of rotatable bonds is 10. The number of ether oxygens (including phenoxy) is 1. The van der Waals surface area contributed by atoms with Crippen molar-refractivity contribution in [3.05, 3.63) is 76.1 Å². The molecule has 0 atom stereocenters. The van der Waals surface area contributed by atoms with Gasteiger partial charge in [-0.1, -0.05) is 24.3 Å². The Balaban J connectivity index is 1.67.